The molecule has 0 radical (unpaired) electrons. The van der Waals surface area contributed by atoms with Gasteiger partial charge in [0.05, 0.1) is 21.3 Å². The van der Waals surface area contributed by atoms with Crippen LogP contribution in [0.25, 0.3) is 22.6 Å². The maximum atomic E-state index is 13.3. The van der Waals surface area contributed by atoms with Crippen molar-refractivity contribution < 1.29 is 33.0 Å². The summed E-state index contributed by atoms with van der Waals surface area (Å²) in [6.07, 6.45) is 0.104. The minimum Gasteiger partial charge on any atom is -0.497 e. The fraction of sp³-hybridized carbons (Fsp3) is 0.281. The summed E-state index contributed by atoms with van der Waals surface area (Å²) in [5, 5.41) is 0. The van der Waals surface area contributed by atoms with Gasteiger partial charge in [0, 0.05) is 24.2 Å². The van der Waals surface area contributed by atoms with Crippen LogP contribution in [0.1, 0.15) is 24.3 Å². The maximum absolute atomic E-state index is 13.3. The zero-order valence-electron chi connectivity index (χ0n) is 23.3. The van der Waals surface area contributed by atoms with Crippen molar-refractivity contribution in [2.75, 3.05) is 34.4 Å². The Labute approximate surface area is 238 Å². The standard InChI is InChI=1S/C32H32N2O7/c1-37-25-13-9-23(10-14-25)27-28(24-11-15-26(38-2)16-12-24)41-29(33-27)32(30(35)39-3)17-19-34(20-18-32)31(36)40-21-22-7-5-4-6-8-22/h4-16H,17-21H2,1-3H3. The van der Waals surface area contributed by atoms with Gasteiger partial charge in [-0.05, 0) is 66.9 Å². The monoisotopic (exact) mass is 556 g/mol. The number of oxazole rings is 1. The first-order valence-corrected chi connectivity index (χ1v) is 13.3. The van der Waals surface area contributed by atoms with E-state index in [0.29, 0.717) is 23.0 Å². The van der Waals surface area contributed by atoms with Crippen LogP contribution >= 0.6 is 0 Å². The average molecular weight is 557 g/mol. The van der Waals surface area contributed by atoms with Crippen LogP contribution in [-0.2, 0) is 26.3 Å². The molecule has 1 aliphatic rings. The molecule has 4 aromatic rings. The van der Waals surface area contributed by atoms with E-state index in [1.807, 2.05) is 78.9 Å². The Bertz CT molecular complexity index is 1410. The number of hydrogen-bond acceptors (Lipinski definition) is 8. The van der Waals surface area contributed by atoms with Crippen molar-refractivity contribution in [1.82, 2.24) is 9.88 Å². The van der Waals surface area contributed by atoms with Crippen LogP contribution in [0.5, 0.6) is 11.5 Å². The summed E-state index contributed by atoms with van der Waals surface area (Å²) < 4.78 is 27.8. The van der Waals surface area contributed by atoms with Crippen molar-refractivity contribution in [2.24, 2.45) is 0 Å². The van der Waals surface area contributed by atoms with Crippen LogP contribution in [0, 0.1) is 0 Å². The molecule has 0 bridgehead atoms. The van der Waals surface area contributed by atoms with Gasteiger partial charge in [-0.2, -0.15) is 0 Å². The smallest absolute Gasteiger partial charge is 0.410 e. The highest BCUT2D eigenvalue weighted by molar-refractivity contribution is 5.84. The van der Waals surface area contributed by atoms with E-state index < -0.39 is 17.5 Å². The third kappa shape index (κ3) is 5.75. The fourth-order valence-corrected chi connectivity index (χ4v) is 4.99. The second-order valence-corrected chi connectivity index (χ2v) is 9.75. The summed E-state index contributed by atoms with van der Waals surface area (Å²) in [7, 11) is 4.56. The largest absolute Gasteiger partial charge is 0.497 e. The molecule has 9 nitrogen and oxygen atoms in total. The molecule has 5 rings (SSSR count). The second kappa shape index (κ2) is 12.2. The highest BCUT2D eigenvalue weighted by Crippen LogP contribution is 2.42. The van der Waals surface area contributed by atoms with E-state index >= 15 is 0 Å². The second-order valence-electron chi connectivity index (χ2n) is 9.75. The zero-order chi connectivity index (χ0) is 28.8. The number of benzene rings is 3. The molecule has 0 unspecified atom stereocenters. The van der Waals surface area contributed by atoms with E-state index in [1.54, 1.807) is 19.1 Å². The van der Waals surface area contributed by atoms with Crippen molar-refractivity contribution in [3.63, 3.8) is 0 Å². The molecule has 3 aromatic carbocycles. The molecule has 0 spiro atoms. The summed E-state index contributed by atoms with van der Waals surface area (Å²) in [5.41, 5.74) is 1.89. The molecule has 1 fully saturated rings. The lowest BCUT2D eigenvalue weighted by Gasteiger charge is -2.37. The van der Waals surface area contributed by atoms with Gasteiger partial charge in [-0.15, -0.1) is 0 Å². The summed E-state index contributed by atoms with van der Waals surface area (Å²) in [4.78, 5) is 32.7. The van der Waals surface area contributed by atoms with Gasteiger partial charge in [0.2, 0.25) is 5.89 Å². The lowest BCUT2D eigenvalue weighted by atomic mass is 9.78. The number of methoxy groups -OCH3 is 3. The molecule has 1 amide bonds. The first kappa shape index (κ1) is 27.8. The molecule has 1 saturated heterocycles. The molecular formula is C32H32N2O7. The highest BCUT2D eigenvalue weighted by Gasteiger charge is 2.49. The van der Waals surface area contributed by atoms with E-state index in [-0.39, 0.29) is 38.4 Å². The normalized spacial score (nSPS) is 14.3. The molecule has 0 saturated carbocycles. The number of likely N-dealkylation sites (tertiary alicyclic amines) is 1. The van der Waals surface area contributed by atoms with Crippen LogP contribution in [0.3, 0.4) is 0 Å². The molecule has 0 N–H and O–H groups in total. The van der Waals surface area contributed by atoms with E-state index in [2.05, 4.69) is 0 Å². The zero-order valence-corrected chi connectivity index (χ0v) is 23.3. The molecule has 0 atom stereocenters. The predicted molar refractivity (Wildman–Crippen MR) is 152 cm³/mol. The van der Waals surface area contributed by atoms with Gasteiger partial charge < -0.3 is 28.3 Å². The van der Waals surface area contributed by atoms with Gasteiger partial charge in [-0.1, -0.05) is 30.3 Å². The molecular weight excluding hydrogens is 524 g/mol. The van der Waals surface area contributed by atoms with Gasteiger partial charge in [0.25, 0.3) is 0 Å². The Morgan fingerprint density at radius 1 is 0.829 bits per heavy atom. The van der Waals surface area contributed by atoms with Crippen LogP contribution in [0.15, 0.2) is 83.3 Å². The number of carbonyl (C=O) groups is 2. The first-order chi connectivity index (χ1) is 20.0. The average Bonchev–Trinajstić information content (AvgIpc) is 3.50. The highest BCUT2D eigenvalue weighted by atomic mass is 16.6. The summed E-state index contributed by atoms with van der Waals surface area (Å²) in [6, 6.07) is 24.4. The van der Waals surface area contributed by atoms with Crippen molar-refractivity contribution >= 4 is 12.1 Å². The molecule has 1 aromatic heterocycles. The Morgan fingerprint density at radius 2 is 1.41 bits per heavy atom. The number of nitrogens with zero attached hydrogens (tertiary/aromatic N) is 2. The number of piperidine rings is 1. The Kier molecular flexibility index (Phi) is 8.24. The molecule has 9 heteroatoms. The van der Waals surface area contributed by atoms with E-state index in [9.17, 15) is 9.59 Å². The van der Waals surface area contributed by atoms with E-state index in [0.717, 1.165) is 16.7 Å². The number of ether oxygens (including phenoxy) is 4. The number of hydrogen-bond donors (Lipinski definition) is 0. The SMILES string of the molecule is COC(=O)C1(c2nc(-c3ccc(OC)cc3)c(-c3ccc(OC)cc3)o2)CCN(C(=O)OCc2ccccc2)CC1. The van der Waals surface area contributed by atoms with Crippen LogP contribution in [0.2, 0.25) is 0 Å². The van der Waals surface area contributed by atoms with Crippen LogP contribution < -0.4 is 9.47 Å². The molecule has 1 aliphatic heterocycles. The van der Waals surface area contributed by atoms with Gasteiger partial charge in [-0.3, -0.25) is 4.79 Å². The quantitative estimate of drug-likeness (QED) is 0.249. The van der Waals surface area contributed by atoms with Gasteiger partial charge in [-0.25, -0.2) is 9.78 Å². The number of carbonyl (C=O) groups excluding carboxylic acids is 2. The van der Waals surface area contributed by atoms with Gasteiger partial charge in [0.15, 0.2) is 5.76 Å². The third-order valence-corrected chi connectivity index (χ3v) is 7.41. The van der Waals surface area contributed by atoms with Crippen molar-refractivity contribution in [2.45, 2.75) is 24.9 Å². The molecule has 212 valence electrons. The predicted octanol–water partition coefficient (Wildman–Crippen LogP) is 5.87. The maximum Gasteiger partial charge on any atom is 0.410 e. The van der Waals surface area contributed by atoms with Crippen molar-refractivity contribution in [3.8, 4) is 34.1 Å². The van der Waals surface area contributed by atoms with E-state index in [1.165, 1.54) is 7.11 Å². The molecule has 41 heavy (non-hydrogen) atoms. The van der Waals surface area contributed by atoms with Gasteiger partial charge >= 0.3 is 12.1 Å². The number of aromatic nitrogens is 1. The lowest BCUT2D eigenvalue weighted by Crippen LogP contribution is -2.49. The topological polar surface area (TPSA) is 100 Å². The Balaban J connectivity index is 1.45. The third-order valence-electron chi connectivity index (χ3n) is 7.41. The Hall–Kier alpha value is -4.79. The minimum absolute atomic E-state index is 0.175. The van der Waals surface area contributed by atoms with Gasteiger partial charge in [0.1, 0.15) is 29.2 Å². The lowest BCUT2D eigenvalue weighted by molar-refractivity contribution is -0.150. The minimum atomic E-state index is -1.17. The summed E-state index contributed by atoms with van der Waals surface area (Å²) in [5.74, 6) is 1.72. The van der Waals surface area contributed by atoms with Crippen molar-refractivity contribution in [3.05, 3.63) is 90.3 Å². The fourth-order valence-electron chi connectivity index (χ4n) is 4.99. The number of amides is 1. The molecule has 2 heterocycles. The first-order valence-electron chi connectivity index (χ1n) is 13.3. The summed E-state index contributed by atoms with van der Waals surface area (Å²) >= 11 is 0. The molecule has 0 aliphatic carbocycles. The Morgan fingerprint density at radius 3 is 1.98 bits per heavy atom. The van der Waals surface area contributed by atoms with E-state index in [4.69, 9.17) is 28.3 Å². The van der Waals surface area contributed by atoms with Crippen LogP contribution in [0.4, 0.5) is 4.79 Å². The van der Waals surface area contributed by atoms with Crippen LogP contribution in [-0.4, -0.2) is 56.4 Å². The number of esters is 1. The number of rotatable bonds is 8. The summed E-state index contributed by atoms with van der Waals surface area (Å²) in [6.45, 7) is 0.732. The van der Waals surface area contributed by atoms with Crippen molar-refractivity contribution in [1.29, 1.82) is 0 Å².